The van der Waals surface area contributed by atoms with E-state index in [9.17, 15) is 31.5 Å². The third-order valence-corrected chi connectivity index (χ3v) is 9.89. The fraction of sp³-hybridized carbons (Fsp3) is 0.312. The SMILES string of the molecule is Cc1cc(OCc2ccccc2)ccc1C1C2=C(CC(C)(C)CC2=O)Nc2c(O)cccc2N1S(=O)(=O)CC(=O)NS(C)(=O)=O. The van der Waals surface area contributed by atoms with E-state index in [1.165, 1.54) is 18.2 Å². The van der Waals surface area contributed by atoms with Gasteiger partial charge in [-0.05, 0) is 59.7 Å². The molecule has 1 atom stereocenters. The predicted molar refractivity (Wildman–Crippen MR) is 171 cm³/mol. The van der Waals surface area contributed by atoms with E-state index in [0.29, 0.717) is 35.6 Å². The molecule has 45 heavy (non-hydrogen) atoms. The van der Waals surface area contributed by atoms with Gasteiger partial charge in [0.15, 0.2) is 5.78 Å². The maximum Gasteiger partial charge on any atom is 0.250 e. The van der Waals surface area contributed by atoms with Crippen LogP contribution in [0.25, 0.3) is 0 Å². The number of Topliss-reactive ketones (excluding diaryl/α,β-unsaturated/α-hetero) is 1. The monoisotopic (exact) mass is 653 g/mol. The smallest absolute Gasteiger partial charge is 0.250 e. The number of anilines is 2. The van der Waals surface area contributed by atoms with Crippen LogP contribution in [0.1, 0.15) is 49.4 Å². The number of rotatable bonds is 8. The van der Waals surface area contributed by atoms with E-state index in [2.05, 4.69) is 5.32 Å². The van der Waals surface area contributed by atoms with Crippen molar-refractivity contribution in [3.8, 4) is 11.5 Å². The Morgan fingerprint density at radius 3 is 2.42 bits per heavy atom. The van der Waals surface area contributed by atoms with Gasteiger partial charge in [-0.25, -0.2) is 16.8 Å². The lowest BCUT2D eigenvalue weighted by Crippen LogP contribution is -2.44. The van der Waals surface area contributed by atoms with E-state index < -0.39 is 43.2 Å². The van der Waals surface area contributed by atoms with Crippen LogP contribution in [0.15, 0.2) is 78.0 Å². The number of ketones is 1. The van der Waals surface area contributed by atoms with Crippen molar-refractivity contribution in [2.75, 3.05) is 21.6 Å². The number of phenols is 1. The number of sulfonamides is 2. The Balaban J connectivity index is 1.69. The normalized spacial score (nSPS) is 17.9. The summed E-state index contributed by atoms with van der Waals surface area (Å²) in [7, 11) is -8.75. The third-order valence-electron chi connectivity index (χ3n) is 7.66. The number of carbonyl (C=O) groups is 2. The van der Waals surface area contributed by atoms with Crippen LogP contribution < -0.4 is 19.1 Å². The Bertz CT molecular complexity index is 1920. The quantitative estimate of drug-likeness (QED) is 0.301. The van der Waals surface area contributed by atoms with E-state index in [-0.39, 0.29) is 34.9 Å². The number of allylic oxidation sites excluding steroid dienone is 1. The summed E-state index contributed by atoms with van der Waals surface area (Å²) in [5, 5.41) is 14.1. The molecule has 3 aromatic rings. The summed E-state index contributed by atoms with van der Waals surface area (Å²) >= 11 is 0. The summed E-state index contributed by atoms with van der Waals surface area (Å²) in [5.41, 5.74) is 2.23. The lowest BCUT2D eigenvalue weighted by molar-refractivity contribution is -0.118. The van der Waals surface area contributed by atoms with Crippen molar-refractivity contribution in [2.45, 2.75) is 46.3 Å². The number of aryl methyl sites for hydroxylation is 1. The van der Waals surface area contributed by atoms with Crippen LogP contribution in [0.4, 0.5) is 11.4 Å². The summed E-state index contributed by atoms with van der Waals surface area (Å²) in [4.78, 5) is 26.7. The summed E-state index contributed by atoms with van der Waals surface area (Å²) in [6.07, 6.45) is 1.25. The molecule has 2 aliphatic rings. The average Bonchev–Trinajstić information content (AvgIpc) is 3.06. The molecule has 1 aliphatic heterocycles. The predicted octanol–water partition coefficient (Wildman–Crippen LogP) is 4.30. The summed E-state index contributed by atoms with van der Waals surface area (Å²) in [6.45, 7) is 5.93. The molecule has 0 fully saturated rings. The first-order valence-electron chi connectivity index (χ1n) is 14.2. The zero-order valence-electron chi connectivity index (χ0n) is 25.3. The second-order valence-corrected chi connectivity index (χ2v) is 15.8. The van der Waals surface area contributed by atoms with Gasteiger partial charge in [0.2, 0.25) is 20.0 Å². The molecule has 0 spiro atoms. The van der Waals surface area contributed by atoms with Gasteiger partial charge in [-0.1, -0.05) is 56.3 Å². The zero-order valence-corrected chi connectivity index (χ0v) is 27.0. The van der Waals surface area contributed by atoms with E-state index in [4.69, 9.17) is 4.74 Å². The first kappa shape index (κ1) is 32.0. The summed E-state index contributed by atoms with van der Waals surface area (Å²) in [5.74, 6) is -2.53. The van der Waals surface area contributed by atoms with Gasteiger partial charge in [0, 0.05) is 17.7 Å². The maximum atomic E-state index is 14.2. The van der Waals surface area contributed by atoms with E-state index >= 15 is 0 Å². The van der Waals surface area contributed by atoms with Crippen LogP contribution >= 0.6 is 0 Å². The highest BCUT2D eigenvalue weighted by Crippen LogP contribution is 2.51. The first-order valence-corrected chi connectivity index (χ1v) is 17.7. The molecule has 1 amide bonds. The Hall–Kier alpha value is -4.36. The zero-order chi connectivity index (χ0) is 32.7. The van der Waals surface area contributed by atoms with Gasteiger partial charge in [0.05, 0.1) is 11.9 Å². The molecule has 13 heteroatoms. The number of phenolic OH excluding ortho intramolecular Hbond substituents is 1. The molecule has 1 heterocycles. The van der Waals surface area contributed by atoms with Crippen molar-refractivity contribution in [3.05, 3.63) is 94.7 Å². The molecule has 0 aromatic heterocycles. The van der Waals surface area contributed by atoms with Crippen LogP contribution in [-0.2, 0) is 36.2 Å². The lowest BCUT2D eigenvalue weighted by Gasteiger charge is -2.37. The Labute approximate surface area is 263 Å². The number of para-hydroxylation sites is 1. The van der Waals surface area contributed by atoms with Crippen molar-refractivity contribution in [1.29, 1.82) is 0 Å². The second kappa shape index (κ2) is 11.9. The van der Waals surface area contributed by atoms with Crippen molar-refractivity contribution in [1.82, 2.24) is 4.72 Å². The highest BCUT2D eigenvalue weighted by Gasteiger charge is 2.46. The average molecular weight is 654 g/mol. The lowest BCUT2D eigenvalue weighted by atomic mass is 9.73. The fourth-order valence-corrected chi connectivity index (χ4v) is 7.97. The van der Waals surface area contributed by atoms with Gasteiger partial charge in [-0.3, -0.25) is 18.6 Å². The Morgan fingerprint density at radius 2 is 1.76 bits per heavy atom. The van der Waals surface area contributed by atoms with Crippen LogP contribution in [0.5, 0.6) is 11.5 Å². The third kappa shape index (κ3) is 6.99. The number of ether oxygens (including phenoxy) is 1. The topological polar surface area (TPSA) is 159 Å². The second-order valence-electron chi connectivity index (χ2n) is 12.2. The molecule has 1 aliphatic carbocycles. The summed E-state index contributed by atoms with van der Waals surface area (Å²) in [6, 6.07) is 17.7. The van der Waals surface area contributed by atoms with Gasteiger partial charge >= 0.3 is 0 Å². The fourth-order valence-electron chi connectivity index (χ4n) is 5.86. The number of hydrogen-bond acceptors (Lipinski definition) is 9. The van der Waals surface area contributed by atoms with E-state index in [1.807, 2.05) is 44.2 Å². The number of nitrogens with one attached hydrogen (secondary N) is 2. The van der Waals surface area contributed by atoms with Crippen LogP contribution in [-0.4, -0.2) is 45.6 Å². The number of fused-ring (bicyclic) bond motifs is 1. The van der Waals surface area contributed by atoms with Gasteiger partial charge in [0.1, 0.15) is 35.6 Å². The molecular formula is C32H35N3O8S2. The highest BCUT2D eigenvalue weighted by molar-refractivity contribution is 7.94. The Morgan fingerprint density at radius 1 is 1.04 bits per heavy atom. The Kier molecular flexibility index (Phi) is 8.45. The minimum atomic E-state index is -4.69. The molecule has 0 saturated carbocycles. The number of aromatic hydroxyl groups is 1. The molecule has 3 N–H and O–H groups in total. The largest absolute Gasteiger partial charge is 0.506 e. The van der Waals surface area contributed by atoms with Gasteiger partial charge in [-0.2, -0.15) is 0 Å². The number of carbonyl (C=O) groups excluding carboxylic acids is 2. The minimum Gasteiger partial charge on any atom is -0.506 e. The van der Waals surface area contributed by atoms with Gasteiger partial charge in [0.25, 0.3) is 5.91 Å². The molecule has 1 unspecified atom stereocenters. The molecule has 0 bridgehead atoms. The van der Waals surface area contributed by atoms with Crippen molar-refractivity contribution >= 4 is 43.1 Å². The number of amides is 1. The molecule has 0 radical (unpaired) electrons. The molecule has 3 aromatic carbocycles. The van der Waals surface area contributed by atoms with Crippen molar-refractivity contribution in [2.24, 2.45) is 5.41 Å². The standard InChI is InChI=1S/C32H35N3O8S2/c1-20-15-22(43-18-21-9-6-5-7-10-21)13-14-23(20)31-29-24(16-32(2,3)17-27(29)37)33-30-25(11-8-12-26(30)36)35(31)45(41,42)19-28(38)34-44(4,39)40/h5-15,31,33,36H,16-19H2,1-4H3,(H,34,38). The van der Waals surface area contributed by atoms with Crippen LogP contribution in [0, 0.1) is 12.3 Å². The van der Waals surface area contributed by atoms with Crippen LogP contribution in [0.3, 0.4) is 0 Å². The molecular weight excluding hydrogens is 618 g/mol. The van der Waals surface area contributed by atoms with Gasteiger partial charge < -0.3 is 15.2 Å². The van der Waals surface area contributed by atoms with Crippen LogP contribution in [0.2, 0.25) is 0 Å². The molecule has 0 saturated heterocycles. The first-order chi connectivity index (χ1) is 21.0. The number of nitrogens with zero attached hydrogens (tertiary/aromatic N) is 1. The molecule has 11 nitrogen and oxygen atoms in total. The highest BCUT2D eigenvalue weighted by atomic mass is 32.2. The molecule has 238 valence electrons. The molecule has 5 rings (SSSR count). The summed E-state index contributed by atoms with van der Waals surface area (Å²) < 4.78 is 60.6. The van der Waals surface area contributed by atoms with Gasteiger partial charge in [-0.15, -0.1) is 0 Å². The minimum absolute atomic E-state index is 0.00374. The van der Waals surface area contributed by atoms with E-state index in [0.717, 1.165) is 16.1 Å². The van der Waals surface area contributed by atoms with Crippen molar-refractivity contribution < 1.29 is 36.3 Å². The number of hydrogen-bond donors (Lipinski definition) is 3. The number of benzene rings is 3. The van der Waals surface area contributed by atoms with E-state index in [1.54, 1.807) is 29.8 Å². The maximum absolute atomic E-state index is 14.2. The van der Waals surface area contributed by atoms with Crippen molar-refractivity contribution in [3.63, 3.8) is 0 Å².